The van der Waals surface area contributed by atoms with Gasteiger partial charge in [0.15, 0.2) is 0 Å². The Hall–Kier alpha value is -3.21. The summed E-state index contributed by atoms with van der Waals surface area (Å²) in [5.41, 5.74) is 1.67. The highest BCUT2D eigenvalue weighted by Crippen LogP contribution is 2.36. The fraction of sp³-hybridized carbons (Fsp3) is 0.500. The van der Waals surface area contributed by atoms with Crippen LogP contribution in [0.15, 0.2) is 41.3 Å². The lowest BCUT2D eigenvalue weighted by atomic mass is 9.89. The molecule has 3 aliphatic rings. The molecule has 1 aromatic heterocycles. The number of piperazine rings is 1. The summed E-state index contributed by atoms with van der Waals surface area (Å²) < 4.78 is 75.1. The summed E-state index contributed by atoms with van der Waals surface area (Å²) >= 11 is 13.3. The highest BCUT2D eigenvalue weighted by Gasteiger charge is 2.48. The Morgan fingerprint density at radius 2 is 1.69 bits per heavy atom. The first-order valence-electron chi connectivity index (χ1n) is 16.5. The molecule has 0 radical (unpaired) electrons. The van der Waals surface area contributed by atoms with E-state index in [4.69, 9.17) is 42.6 Å². The van der Waals surface area contributed by atoms with Crippen molar-refractivity contribution in [1.29, 1.82) is 0 Å². The smallest absolute Gasteiger partial charge is 0.430 e. The van der Waals surface area contributed by atoms with Crippen molar-refractivity contribution in [3.8, 4) is 5.75 Å². The molecule has 1 spiro atoms. The van der Waals surface area contributed by atoms with E-state index in [-0.39, 0.29) is 53.5 Å². The first kappa shape index (κ1) is 39.0. The number of rotatable bonds is 7. The number of amides is 1. The van der Waals surface area contributed by atoms with Gasteiger partial charge in [-0.3, -0.25) is 4.79 Å². The standard InChI is InChI=1S/C32H39Cl2N4O5S.C2HF3O2/c1-22-20-23(2)35-30-24(22)6-5-7-27(30)43-21-25-26(33)8-9-28(29(25)34)44(40,41)36-32(10-18-42-19-11-32)31(39)37-12-16-38(17-13-37)14-3-4-15-38;3-2(4,5)1(6)7/h5-9,20,36H,3-4,10-19,21H2,1-2H3;(H,6,7)/q+1;/p-1. The number of carbonyl (C=O) groups is 2. The van der Waals surface area contributed by atoms with Crippen LogP contribution in [0.1, 0.15) is 42.5 Å². The Kier molecular flexibility index (Phi) is 11.8. The first-order valence-corrected chi connectivity index (χ1v) is 18.7. The molecule has 3 fully saturated rings. The lowest BCUT2D eigenvalue weighted by Gasteiger charge is -2.45. The molecule has 17 heteroatoms. The van der Waals surface area contributed by atoms with E-state index in [1.54, 1.807) is 0 Å². The molecule has 0 saturated carbocycles. The van der Waals surface area contributed by atoms with Gasteiger partial charge in [0.1, 0.15) is 34.3 Å². The minimum atomic E-state index is -5.19. The minimum absolute atomic E-state index is 0.0429. The van der Waals surface area contributed by atoms with Gasteiger partial charge in [-0.05, 0) is 56.5 Å². The average Bonchev–Trinajstić information content (AvgIpc) is 3.52. The van der Waals surface area contributed by atoms with Crippen molar-refractivity contribution in [2.24, 2.45) is 0 Å². The number of aryl methyl sites for hydroxylation is 2. The van der Waals surface area contributed by atoms with Crippen LogP contribution in [0.4, 0.5) is 13.2 Å². The number of fused-ring (bicyclic) bond motifs is 1. The van der Waals surface area contributed by atoms with E-state index in [2.05, 4.69) is 9.71 Å². The quantitative estimate of drug-likeness (QED) is 0.351. The number of nitrogens with zero attached hydrogens (tertiary/aromatic N) is 3. The molecule has 4 heterocycles. The number of halogens is 5. The van der Waals surface area contributed by atoms with Crippen LogP contribution in [0, 0.1) is 13.8 Å². The molecule has 11 nitrogen and oxygen atoms in total. The molecule has 0 bridgehead atoms. The van der Waals surface area contributed by atoms with Gasteiger partial charge in [0.25, 0.3) is 0 Å². The van der Waals surface area contributed by atoms with E-state index in [0.717, 1.165) is 47.3 Å². The van der Waals surface area contributed by atoms with Gasteiger partial charge in [0, 0.05) is 47.7 Å². The number of carbonyl (C=O) groups excluding carboxylic acids is 2. The van der Waals surface area contributed by atoms with E-state index in [1.165, 1.54) is 25.0 Å². The highest BCUT2D eigenvalue weighted by atomic mass is 35.5. The zero-order valence-electron chi connectivity index (χ0n) is 28.2. The zero-order valence-corrected chi connectivity index (χ0v) is 30.5. The Morgan fingerprint density at radius 3 is 2.29 bits per heavy atom. The number of aromatic nitrogens is 1. The molecule has 3 aromatic rings. The summed E-state index contributed by atoms with van der Waals surface area (Å²) in [6.07, 6.45) is -2.25. The molecule has 51 heavy (non-hydrogen) atoms. The van der Waals surface area contributed by atoms with Crippen LogP contribution in [-0.4, -0.2) is 98.9 Å². The predicted octanol–water partition coefficient (Wildman–Crippen LogP) is 4.32. The Bertz CT molecular complexity index is 1890. The molecule has 278 valence electrons. The van der Waals surface area contributed by atoms with Crippen molar-refractivity contribution in [2.75, 3.05) is 52.5 Å². The van der Waals surface area contributed by atoms with Crippen LogP contribution in [-0.2, 0) is 31.0 Å². The number of alkyl halides is 3. The van der Waals surface area contributed by atoms with E-state index < -0.39 is 27.7 Å². The van der Waals surface area contributed by atoms with Gasteiger partial charge in [-0.25, -0.2) is 13.4 Å². The van der Waals surface area contributed by atoms with Crippen LogP contribution in [0.5, 0.6) is 5.75 Å². The van der Waals surface area contributed by atoms with Crippen molar-refractivity contribution in [1.82, 2.24) is 14.6 Å². The van der Waals surface area contributed by atoms with E-state index in [0.29, 0.717) is 29.9 Å². The lowest BCUT2D eigenvalue weighted by Crippen LogP contribution is -2.66. The summed E-state index contributed by atoms with van der Waals surface area (Å²) in [7, 11) is -4.24. The van der Waals surface area contributed by atoms with E-state index in [9.17, 15) is 26.4 Å². The fourth-order valence-corrected chi connectivity index (χ4v) is 9.28. The second-order valence-electron chi connectivity index (χ2n) is 13.2. The number of aliphatic carboxylic acids is 1. The number of nitrogens with one attached hydrogen (secondary N) is 1. The van der Waals surface area contributed by atoms with Crippen molar-refractivity contribution >= 4 is 56.0 Å². The molecule has 6 rings (SSSR count). The molecular formula is C34H39Cl2F3N4O7S. The molecule has 0 aliphatic carbocycles. The molecule has 0 atom stereocenters. The van der Waals surface area contributed by atoms with Gasteiger partial charge in [0.2, 0.25) is 15.9 Å². The number of hydrogen-bond donors (Lipinski definition) is 1. The summed E-state index contributed by atoms with van der Waals surface area (Å²) in [5, 5.41) is 9.98. The Balaban J connectivity index is 0.000000654. The maximum absolute atomic E-state index is 14.1. The molecular weight excluding hydrogens is 736 g/mol. The van der Waals surface area contributed by atoms with Crippen LogP contribution in [0.3, 0.4) is 0 Å². The number of hydrogen-bond acceptors (Lipinski definition) is 8. The summed E-state index contributed by atoms with van der Waals surface area (Å²) in [6, 6.07) is 10.6. The van der Waals surface area contributed by atoms with Gasteiger partial charge in [-0.15, -0.1) is 0 Å². The van der Waals surface area contributed by atoms with Crippen LogP contribution in [0.2, 0.25) is 10.0 Å². The third-order valence-electron chi connectivity index (χ3n) is 9.76. The summed E-state index contributed by atoms with van der Waals surface area (Å²) in [6.45, 7) is 9.80. The second kappa shape index (κ2) is 15.4. The maximum Gasteiger partial charge on any atom is 0.430 e. The van der Waals surface area contributed by atoms with E-state index >= 15 is 0 Å². The number of para-hydroxylation sites is 1. The lowest BCUT2D eigenvalue weighted by molar-refractivity contribution is -0.920. The number of carboxylic acid groups (broad SMARTS) is 1. The highest BCUT2D eigenvalue weighted by molar-refractivity contribution is 7.89. The molecule has 2 aromatic carbocycles. The number of pyridine rings is 1. The van der Waals surface area contributed by atoms with Crippen molar-refractivity contribution in [2.45, 2.75) is 62.7 Å². The number of carboxylic acids is 1. The minimum Gasteiger partial charge on any atom is -0.542 e. The molecule has 3 saturated heterocycles. The number of sulfonamides is 1. The van der Waals surface area contributed by atoms with Crippen molar-refractivity contribution in [3.05, 3.63) is 63.3 Å². The molecule has 1 N–H and O–H groups in total. The summed E-state index contributed by atoms with van der Waals surface area (Å²) in [5.74, 6) is -2.66. The normalized spacial score (nSPS) is 18.7. The van der Waals surface area contributed by atoms with Crippen LogP contribution < -0.4 is 14.6 Å². The Labute approximate surface area is 304 Å². The van der Waals surface area contributed by atoms with Gasteiger partial charge in [-0.2, -0.15) is 17.9 Å². The number of benzene rings is 2. The second-order valence-corrected chi connectivity index (χ2v) is 15.6. The fourth-order valence-electron chi connectivity index (χ4n) is 6.98. The monoisotopic (exact) mass is 774 g/mol. The van der Waals surface area contributed by atoms with Gasteiger partial charge < -0.3 is 28.8 Å². The topological polar surface area (TPSA) is 138 Å². The summed E-state index contributed by atoms with van der Waals surface area (Å²) in [4.78, 5) is 29.2. The zero-order chi connectivity index (χ0) is 37.2. The van der Waals surface area contributed by atoms with Crippen LogP contribution in [0.25, 0.3) is 10.9 Å². The van der Waals surface area contributed by atoms with Crippen molar-refractivity contribution < 1.29 is 50.2 Å². The average molecular weight is 776 g/mol. The first-order chi connectivity index (χ1) is 24.0. The molecule has 1 amide bonds. The SMILES string of the molecule is Cc1cc(C)c2cccc(OCc3c(Cl)ccc(S(=O)(=O)NC4(C(=O)N5CC[N+]6(CCCC6)CC5)CCOCC4)c3Cl)c2n1.O=C([O-])C(F)(F)F. The third kappa shape index (κ3) is 8.71. The van der Waals surface area contributed by atoms with Gasteiger partial charge in [0.05, 0.1) is 44.3 Å². The predicted molar refractivity (Wildman–Crippen MR) is 182 cm³/mol. The Morgan fingerprint density at radius 1 is 1.06 bits per heavy atom. The number of quaternary nitrogens is 1. The van der Waals surface area contributed by atoms with E-state index in [1.807, 2.05) is 43.0 Å². The van der Waals surface area contributed by atoms with Gasteiger partial charge in [-0.1, -0.05) is 35.3 Å². The van der Waals surface area contributed by atoms with Crippen molar-refractivity contribution in [3.63, 3.8) is 0 Å². The van der Waals surface area contributed by atoms with Gasteiger partial charge >= 0.3 is 6.18 Å². The maximum atomic E-state index is 14.1. The van der Waals surface area contributed by atoms with Crippen LogP contribution >= 0.6 is 23.2 Å². The third-order valence-corrected chi connectivity index (χ3v) is 12.2. The largest absolute Gasteiger partial charge is 0.542 e. The molecule has 3 aliphatic heterocycles. The molecule has 0 unspecified atom stereocenters. The number of ether oxygens (including phenoxy) is 2.